The molecule has 3 aromatic rings. The highest BCUT2D eigenvalue weighted by Gasteiger charge is 2.15. The van der Waals surface area contributed by atoms with Crippen molar-refractivity contribution in [3.05, 3.63) is 68.6 Å². The molecular weight excluding hydrogens is 355 g/mol. The number of rotatable bonds is 2. The van der Waals surface area contributed by atoms with E-state index in [4.69, 9.17) is 0 Å². The molecule has 0 saturated heterocycles. The molecule has 0 spiro atoms. The molecule has 88 valence electrons. The van der Waals surface area contributed by atoms with E-state index in [2.05, 4.69) is 22.6 Å². The number of benzene rings is 2. The standard InChI is InChI=1S/C15H9IOS/c16-13-7-2-1-5-11(13)14(17)12-6-3-4-10-8-9-18-15(10)12/h1-9H. The summed E-state index contributed by atoms with van der Waals surface area (Å²) in [5.41, 5.74) is 1.57. The van der Waals surface area contributed by atoms with Crippen molar-refractivity contribution < 1.29 is 4.79 Å². The molecule has 0 saturated carbocycles. The van der Waals surface area contributed by atoms with Gasteiger partial charge >= 0.3 is 0 Å². The summed E-state index contributed by atoms with van der Waals surface area (Å²) >= 11 is 3.83. The van der Waals surface area contributed by atoms with Gasteiger partial charge in [-0.2, -0.15) is 0 Å². The summed E-state index contributed by atoms with van der Waals surface area (Å²) in [5, 5.41) is 3.16. The van der Waals surface area contributed by atoms with E-state index in [9.17, 15) is 4.79 Å². The quantitative estimate of drug-likeness (QED) is 0.474. The molecule has 0 unspecified atom stereocenters. The minimum absolute atomic E-state index is 0.105. The monoisotopic (exact) mass is 364 g/mol. The number of fused-ring (bicyclic) bond motifs is 1. The molecule has 3 rings (SSSR count). The first-order valence-corrected chi connectivity index (χ1v) is 7.48. The third-order valence-corrected chi connectivity index (χ3v) is 4.75. The molecule has 0 aliphatic heterocycles. The molecule has 18 heavy (non-hydrogen) atoms. The summed E-state index contributed by atoms with van der Waals surface area (Å²) in [6, 6.07) is 15.6. The largest absolute Gasteiger partial charge is 0.289 e. The number of hydrogen-bond donors (Lipinski definition) is 0. The first-order chi connectivity index (χ1) is 8.77. The Morgan fingerprint density at radius 3 is 2.56 bits per heavy atom. The third-order valence-electron chi connectivity index (χ3n) is 2.84. The van der Waals surface area contributed by atoms with Gasteiger partial charge in [-0.05, 0) is 57.6 Å². The highest BCUT2D eigenvalue weighted by atomic mass is 127. The Morgan fingerprint density at radius 2 is 1.72 bits per heavy atom. The first kappa shape index (κ1) is 11.9. The SMILES string of the molecule is O=C(c1ccccc1I)c1cccc2ccsc12. The van der Waals surface area contributed by atoms with E-state index in [-0.39, 0.29) is 5.78 Å². The lowest BCUT2D eigenvalue weighted by molar-refractivity contribution is 0.103. The molecular formula is C15H9IOS. The molecule has 1 heterocycles. The summed E-state index contributed by atoms with van der Waals surface area (Å²) in [6.07, 6.45) is 0. The van der Waals surface area contributed by atoms with Crippen LogP contribution in [0.2, 0.25) is 0 Å². The normalized spacial score (nSPS) is 10.7. The second-order valence-corrected chi connectivity index (χ2v) is 6.03. The zero-order chi connectivity index (χ0) is 12.5. The van der Waals surface area contributed by atoms with E-state index < -0.39 is 0 Å². The van der Waals surface area contributed by atoms with E-state index >= 15 is 0 Å². The van der Waals surface area contributed by atoms with Crippen LogP contribution < -0.4 is 0 Å². The van der Waals surface area contributed by atoms with Crippen molar-refractivity contribution in [1.82, 2.24) is 0 Å². The average Bonchev–Trinajstić information content (AvgIpc) is 2.86. The second kappa shape index (κ2) is 4.82. The minimum Gasteiger partial charge on any atom is -0.289 e. The zero-order valence-electron chi connectivity index (χ0n) is 9.39. The molecule has 0 amide bonds. The fourth-order valence-corrected chi connectivity index (χ4v) is 3.51. The van der Waals surface area contributed by atoms with Gasteiger partial charge in [-0.25, -0.2) is 0 Å². The van der Waals surface area contributed by atoms with Crippen LogP contribution in [0.3, 0.4) is 0 Å². The van der Waals surface area contributed by atoms with Gasteiger partial charge in [-0.15, -0.1) is 11.3 Å². The van der Waals surface area contributed by atoms with Crippen LogP contribution >= 0.6 is 33.9 Å². The maximum absolute atomic E-state index is 12.6. The average molecular weight is 364 g/mol. The van der Waals surface area contributed by atoms with Crippen LogP contribution in [-0.2, 0) is 0 Å². The molecule has 0 aliphatic rings. The van der Waals surface area contributed by atoms with Crippen LogP contribution in [0, 0.1) is 3.57 Å². The summed E-state index contributed by atoms with van der Waals surface area (Å²) in [4.78, 5) is 12.6. The predicted octanol–water partition coefficient (Wildman–Crippen LogP) is 4.74. The highest BCUT2D eigenvalue weighted by Crippen LogP contribution is 2.27. The lowest BCUT2D eigenvalue weighted by atomic mass is 10.0. The van der Waals surface area contributed by atoms with E-state index in [1.165, 1.54) is 0 Å². The van der Waals surface area contributed by atoms with Gasteiger partial charge in [0.1, 0.15) is 0 Å². The van der Waals surface area contributed by atoms with Crippen LogP contribution in [0.25, 0.3) is 10.1 Å². The van der Waals surface area contributed by atoms with E-state index in [1.807, 2.05) is 53.9 Å². The van der Waals surface area contributed by atoms with Crippen molar-refractivity contribution in [2.75, 3.05) is 0 Å². The van der Waals surface area contributed by atoms with Crippen LogP contribution in [0.1, 0.15) is 15.9 Å². The molecule has 0 radical (unpaired) electrons. The Morgan fingerprint density at radius 1 is 0.944 bits per heavy atom. The van der Waals surface area contributed by atoms with Crippen molar-refractivity contribution in [2.45, 2.75) is 0 Å². The van der Waals surface area contributed by atoms with Gasteiger partial charge in [0.05, 0.1) is 0 Å². The lowest BCUT2D eigenvalue weighted by Crippen LogP contribution is -2.03. The molecule has 0 atom stereocenters. The molecule has 2 aromatic carbocycles. The van der Waals surface area contributed by atoms with Crippen LogP contribution in [0.4, 0.5) is 0 Å². The van der Waals surface area contributed by atoms with Crippen molar-refractivity contribution >= 4 is 49.8 Å². The fraction of sp³-hybridized carbons (Fsp3) is 0. The van der Waals surface area contributed by atoms with E-state index in [0.29, 0.717) is 0 Å². The van der Waals surface area contributed by atoms with E-state index in [1.54, 1.807) is 11.3 Å². The summed E-state index contributed by atoms with van der Waals surface area (Å²) in [7, 11) is 0. The van der Waals surface area contributed by atoms with Crippen molar-refractivity contribution in [3.63, 3.8) is 0 Å². The number of carbonyl (C=O) groups excluding carboxylic acids is 1. The smallest absolute Gasteiger partial charge is 0.195 e. The zero-order valence-corrected chi connectivity index (χ0v) is 12.4. The third kappa shape index (κ3) is 1.97. The maximum atomic E-state index is 12.6. The van der Waals surface area contributed by atoms with Gasteiger partial charge in [0.25, 0.3) is 0 Å². The molecule has 0 aliphatic carbocycles. The highest BCUT2D eigenvalue weighted by molar-refractivity contribution is 14.1. The van der Waals surface area contributed by atoms with E-state index in [0.717, 1.165) is 24.8 Å². The number of ketones is 1. The molecule has 0 fully saturated rings. The Hall–Kier alpha value is -1.20. The van der Waals surface area contributed by atoms with Gasteiger partial charge in [0.2, 0.25) is 0 Å². The second-order valence-electron chi connectivity index (χ2n) is 3.95. The van der Waals surface area contributed by atoms with Gasteiger partial charge in [-0.3, -0.25) is 4.79 Å². The number of thiophene rings is 1. The van der Waals surface area contributed by atoms with Crippen LogP contribution in [-0.4, -0.2) is 5.78 Å². The molecule has 0 N–H and O–H groups in total. The van der Waals surface area contributed by atoms with Crippen molar-refractivity contribution in [2.24, 2.45) is 0 Å². The number of hydrogen-bond acceptors (Lipinski definition) is 2. The topological polar surface area (TPSA) is 17.1 Å². The summed E-state index contributed by atoms with van der Waals surface area (Å²) < 4.78 is 2.07. The molecule has 1 nitrogen and oxygen atoms in total. The maximum Gasteiger partial charge on any atom is 0.195 e. The van der Waals surface area contributed by atoms with Crippen LogP contribution in [0.5, 0.6) is 0 Å². The molecule has 0 bridgehead atoms. The Balaban J connectivity index is 2.18. The number of carbonyl (C=O) groups is 1. The van der Waals surface area contributed by atoms with Gasteiger partial charge in [-0.1, -0.05) is 24.3 Å². The number of halogens is 1. The molecule has 3 heteroatoms. The first-order valence-electron chi connectivity index (χ1n) is 5.53. The van der Waals surface area contributed by atoms with Crippen LogP contribution in [0.15, 0.2) is 53.9 Å². The summed E-state index contributed by atoms with van der Waals surface area (Å²) in [5.74, 6) is 0.105. The fourth-order valence-electron chi connectivity index (χ4n) is 1.96. The molecule has 1 aromatic heterocycles. The van der Waals surface area contributed by atoms with Crippen molar-refractivity contribution in [1.29, 1.82) is 0 Å². The Labute approximate surface area is 123 Å². The predicted molar refractivity (Wildman–Crippen MR) is 84.4 cm³/mol. The van der Waals surface area contributed by atoms with Gasteiger partial charge in [0.15, 0.2) is 5.78 Å². The summed E-state index contributed by atoms with van der Waals surface area (Å²) in [6.45, 7) is 0. The Bertz CT molecular complexity index is 730. The Kier molecular flexibility index (Phi) is 3.18. The van der Waals surface area contributed by atoms with Crippen molar-refractivity contribution in [3.8, 4) is 0 Å². The minimum atomic E-state index is 0.105. The lowest BCUT2D eigenvalue weighted by Gasteiger charge is -2.04. The van der Waals surface area contributed by atoms with Gasteiger partial charge in [0, 0.05) is 19.4 Å². The van der Waals surface area contributed by atoms with Gasteiger partial charge < -0.3 is 0 Å².